The van der Waals surface area contributed by atoms with Crippen LogP contribution in [0.1, 0.15) is 30.3 Å². The van der Waals surface area contributed by atoms with Crippen LogP contribution in [0.4, 0.5) is 0 Å². The zero-order chi connectivity index (χ0) is 13.0. The molecule has 2 heterocycles. The predicted molar refractivity (Wildman–Crippen MR) is 61.6 cm³/mol. The third-order valence-electron chi connectivity index (χ3n) is 2.96. The summed E-state index contributed by atoms with van der Waals surface area (Å²) in [5.41, 5.74) is 0.277. The number of nitrogens with one attached hydrogen (secondary N) is 1. The van der Waals surface area contributed by atoms with Crippen LogP contribution in [-0.2, 0) is 9.53 Å². The number of rotatable bonds is 3. The van der Waals surface area contributed by atoms with Crippen LogP contribution in [0.3, 0.4) is 0 Å². The molecule has 0 unspecified atom stereocenters. The molecule has 7 heteroatoms. The van der Waals surface area contributed by atoms with Gasteiger partial charge in [-0.25, -0.2) is 0 Å². The van der Waals surface area contributed by atoms with Crippen molar-refractivity contribution in [1.29, 1.82) is 0 Å². The second-order valence-corrected chi connectivity index (χ2v) is 4.20. The molecule has 1 fully saturated rings. The Morgan fingerprint density at radius 2 is 2.44 bits per heavy atom. The molecule has 1 amide bonds. The lowest BCUT2D eigenvalue weighted by atomic mass is 9.98. The molecule has 0 radical (unpaired) electrons. The molecular weight excluding hydrogens is 236 g/mol. The summed E-state index contributed by atoms with van der Waals surface area (Å²) in [5.74, 6) is -0.651. The van der Waals surface area contributed by atoms with Gasteiger partial charge in [-0.05, 0) is 19.8 Å². The zero-order valence-corrected chi connectivity index (χ0v) is 10.3. The molecule has 1 aliphatic heterocycles. The first-order valence-electron chi connectivity index (χ1n) is 6.04. The van der Waals surface area contributed by atoms with E-state index >= 15 is 0 Å². The van der Waals surface area contributed by atoms with Crippen molar-refractivity contribution in [3.05, 3.63) is 11.9 Å². The molecule has 1 N–H and O–H groups in total. The van der Waals surface area contributed by atoms with Crippen LogP contribution < -0.4 is 0 Å². The Labute approximate surface area is 104 Å². The van der Waals surface area contributed by atoms with E-state index < -0.39 is 0 Å². The normalized spacial score (nSPS) is 19.6. The van der Waals surface area contributed by atoms with Crippen molar-refractivity contribution >= 4 is 11.9 Å². The highest BCUT2D eigenvalue weighted by Crippen LogP contribution is 2.19. The summed E-state index contributed by atoms with van der Waals surface area (Å²) in [6.45, 7) is 3.18. The van der Waals surface area contributed by atoms with Gasteiger partial charge in [0.05, 0.1) is 18.7 Å². The van der Waals surface area contributed by atoms with Crippen molar-refractivity contribution in [2.75, 3.05) is 19.7 Å². The van der Waals surface area contributed by atoms with Crippen LogP contribution >= 0.6 is 0 Å². The first-order valence-corrected chi connectivity index (χ1v) is 6.04. The summed E-state index contributed by atoms with van der Waals surface area (Å²) >= 11 is 0. The van der Waals surface area contributed by atoms with Crippen molar-refractivity contribution in [2.24, 2.45) is 5.92 Å². The number of esters is 1. The van der Waals surface area contributed by atoms with E-state index in [1.54, 1.807) is 11.8 Å². The van der Waals surface area contributed by atoms with Gasteiger partial charge in [0.15, 0.2) is 5.69 Å². The second-order valence-electron chi connectivity index (χ2n) is 4.20. The topological polar surface area (TPSA) is 88.2 Å². The smallest absolute Gasteiger partial charge is 0.310 e. The molecule has 2 rings (SSSR count). The molecule has 0 bridgehead atoms. The highest BCUT2D eigenvalue weighted by molar-refractivity contribution is 5.92. The van der Waals surface area contributed by atoms with Gasteiger partial charge in [-0.2, -0.15) is 15.4 Å². The lowest BCUT2D eigenvalue weighted by molar-refractivity contribution is -0.149. The number of hydrogen-bond donors (Lipinski definition) is 1. The average Bonchev–Trinajstić information content (AvgIpc) is 2.92. The minimum Gasteiger partial charge on any atom is -0.466 e. The Balaban J connectivity index is 1.98. The first kappa shape index (κ1) is 12.5. The number of hydrogen-bond acceptors (Lipinski definition) is 5. The highest BCUT2D eigenvalue weighted by Gasteiger charge is 2.30. The monoisotopic (exact) mass is 252 g/mol. The van der Waals surface area contributed by atoms with Gasteiger partial charge in [0, 0.05) is 13.1 Å². The van der Waals surface area contributed by atoms with Gasteiger partial charge in [-0.1, -0.05) is 0 Å². The van der Waals surface area contributed by atoms with Crippen LogP contribution in [0, 0.1) is 5.92 Å². The number of piperidine rings is 1. The van der Waals surface area contributed by atoms with Crippen molar-refractivity contribution in [3.8, 4) is 0 Å². The predicted octanol–water partition coefficient (Wildman–Crippen LogP) is 0.220. The maximum absolute atomic E-state index is 12.0. The van der Waals surface area contributed by atoms with E-state index in [2.05, 4.69) is 15.4 Å². The third kappa shape index (κ3) is 2.66. The number of carbonyl (C=O) groups is 2. The number of carbonyl (C=O) groups excluding carboxylic acids is 2. The number of likely N-dealkylation sites (tertiary alicyclic amines) is 1. The average molecular weight is 252 g/mol. The first-order chi connectivity index (χ1) is 8.72. The van der Waals surface area contributed by atoms with E-state index in [0.29, 0.717) is 19.7 Å². The van der Waals surface area contributed by atoms with E-state index in [1.807, 2.05) is 0 Å². The molecule has 98 valence electrons. The van der Waals surface area contributed by atoms with Gasteiger partial charge in [0.1, 0.15) is 0 Å². The van der Waals surface area contributed by atoms with Gasteiger partial charge >= 0.3 is 5.97 Å². The van der Waals surface area contributed by atoms with Gasteiger partial charge in [0.2, 0.25) is 0 Å². The fraction of sp³-hybridized carbons (Fsp3) is 0.636. The number of aromatic nitrogens is 3. The Morgan fingerprint density at radius 1 is 1.61 bits per heavy atom. The number of amides is 1. The highest BCUT2D eigenvalue weighted by atomic mass is 16.5. The van der Waals surface area contributed by atoms with Crippen molar-refractivity contribution in [1.82, 2.24) is 20.3 Å². The van der Waals surface area contributed by atoms with Crippen LogP contribution in [0.25, 0.3) is 0 Å². The molecule has 1 aromatic heterocycles. The van der Waals surface area contributed by atoms with Crippen molar-refractivity contribution in [3.63, 3.8) is 0 Å². The Kier molecular flexibility index (Phi) is 3.91. The van der Waals surface area contributed by atoms with Gasteiger partial charge in [-0.15, -0.1) is 0 Å². The van der Waals surface area contributed by atoms with E-state index in [9.17, 15) is 9.59 Å². The summed E-state index contributed by atoms with van der Waals surface area (Å²) < 4.78 is 4.99. The Morgan fingerprint density at radius 3 is 3.11 bits per heavy atom. The Hall–Kier alpha value is -1.92. The zero-order valence-electron chi connectivity index (χ0n) is 10.3. The van der Waals surface area contributed by atoms with E-state index in [1.165, 1.54) is 6.20 Å². The van der Waals surface area contributed by atoms with E-state index in [4.69, 9.17) is 4.74 Å². The molecule has 1 atom stereocenters. The summed E-state index contributed by atoms with van der Waals surface area (Å²) in [4.78, 5) is 25.3. The molecule has 7 nitrogen and oxygen atoms in total. The number of aromatic amines is 1. The van der Waals surface area contributed by atoms with Crippen molar-refractivity contribution < 1.29 is 14.3 Å². The van der Waals surface area contributed by atoms with E-state index in [0.717, 1.165) is 12.8 Å². The van der Waals surface area contributed by atoms with Gasteiger partial charge < -0.3 is 9.64 Å². The minimum atomic E-state index is -0.227. The second kappa shape index (κ2) is 5.61. The summed E-state index contributed by atoms with van der Waals surface area (Å²) in [5, 5.41) is 9.77. The summed E-state index contributed by atoms with van der Waals surface area (Å²) in [7, 11) is 0. The van der Waals surface area contributed by atoms with Crippen LogP contribution in [0.15, 0.2) is 6.20 Å². The fourth-order valence-electron chi connectivity index (χ4n) is 2.08. The third-order valence-corrected chi connectivity index (χ3v) is 2.96. The molecule has 0 aliphatic carbocycles. The maximum atomic E-state index is 12.0. The van der Waals surface area contributed by atoms with Crippen LogP contribution in [-0.4, -0.2) is 51.9 Å². The van der Waals surface area contributed by atoms with Gasteiger partial charge in [0.25, 0.3) is 5.91 Å². The molecular formula is C11H16N4O3. The molecule has 1 saturated heterocycles. The number of ether oxygens (including phenoxy) is 1. The molecule has 0 spiro atoms. The quantitative estimate of drug-likeness (QED) is 0.777. The number of nitrogens with zero attached hydrogens (tertiary/aromatic N) is 3. The summed E-state index contributed by atoms with van der Waals surface area (Å²) in [6.07, 6.45) is 2.95. The Bertz CT molecular complexity index is 418. The summed E-state index contributed by atoms with van der Waals surface area (Å²) in [6, 6.07) is 0. The van der Waals surface area contributed by atoms with Gasteiger partial charge in [-0.3, -0.25) is 9.59 Å². The lowest BCUT2D eigenvalue weighted by Gasteiger charge is -2.30. The molecule has 18 heavy (non-hydrogen) atoms. The lowest BCUT2D eigenvalue weighted by Crippen LogP contribution is -2.43. The SMILES string of the molecule is CCOC(=O)[C@H]1CCCN(C(=O)c2cn[nH]n2)C1. The van der Waals surface area contributed by atoms with Crippen molar-refractivity contribution in [2.45, 2.75) is 19.8 Å². The fourth-order valence-corrected chi connectivity index (χ4v) is 2.08. The standard InChI is InChI=1S/C11H16N4O3/c1-2-18-11(17)8-4-3-5-15(7-8)10(16)9-6-12-14-13-9/h6,8H,2-5,7H2,1H3,(H,12,13,14)/t8-/m0/s1. The van der Waals surface area contributed by atoms with Crippen LogP contribution in [0.2, 0.25) is 0 Å². The molecule has 1 aliphatic rings. The maximum Gasteiger partial charge on any atom is 0.310 e. The van der Waals surface area contributed by atoms with Crippen LogP contribution in [0.5, 0.6) is 0 Å². The molecule has 0 aromatic carbocycles. The minimum absolute atomic E-state index is 0.197. The number of H-pyrrole nitrogens is 1. The molecule has 1 aromatic rings. The largest absolute Gasteiger partial charge is 0.466 e. The van der Waals surface area contributed by atoms with E-state index in [-0.39, 0.29) is 23.5 Å². The molecule has 0 saturated carbocycles.